The molecule has 1 rings (SSSR count). The van der Waals surface area contributed by atoms with Crippen molar-refractivity contribution >= 4 is 0 Å². The normalized spacial score (nSPS) is 16.1. The van der Waals surface area contributed by atoms with Crippen molar-refractivity contribution in [2.24, 2.45) is 5.92 Å². The van der Waals surface area contributed by atoms with E-state index in [9.17, 15) is 0 Å². The van der Waals surface area contributed by atoms with Crippen LogP contribution in [0.1, 0.15) is 90.9 Å². The molecule has 0 aromatic heterocycles. The van der Waals surface area contributed by atoms with Gasteiger partial charge in [-0.25, -0.2) is 0 Å². The van der Waals surface area contributed by atoms with Gasteiger partial charge in [-0.2, -0.15) is 0 Å². The Labute approximate surface area is 125 Å². The van der Waals surface area contributed by atoms with Crippen LogP contribution in [0.2, 0.25) is 0 Å². The Balaban J connectivity index is 2.15. The smallest absolute Gasteiger partial charge is 0.239 e. The van der Waals surface area contributed by atoms with Gasteiger partial charge in [-0.3, -0.25) is 0 Å². The van der Waals surface area contributed by atoms with Crippen LogP contribution in [0.4, 0.5) is 0 Å². The molecular weight excluding hydrogens is 248 g/mol. The van der Waals surface area contributed by atoms with Crippen LogP contribution < -0.4 is 0 Å². The van der Waals surface area contributed by atoms with E-state index in [1.807, 2.05) is 0 Å². The summed E-state index contributed by atoms with van der Waals surface area (Å²) in [7, 11) is 0. The lowest BCUT2D eigenvalue weighted by molar-refractivity contribution is -0.0410. The maximum Gasteiger partial charge on any atom is 0.239 e. The summed E-state index contributed by atoms with van der Waals surface area (Å²) in [5.41, 5.74) is 0. The third-order valence-electron chi connectivity index (χ3n) is 4.22. The largest absolute Gasteiger partial charge is 0.459 e. The highest BCUT2D eigenvalue weighted by molar-refractivity contribution is 4.73. The molecule has 1 atom stereocenters. The van der Waals surface area contributed by atoms with Gasteiger partial charge in [0.2, 0.25) is 6.29 Å². The standard InChI is InChI=1S/C18H34O2/c1-3-5-7-9-11-13-17(12-10-8-6-4-2)16-18-19-14-15-20-18/h14-15,17-18H,3-13,16H2,1-2H3. The molecule has 0 radical (unpaired) electrons. The molecule has 0 saturated carbocycles. The molecule has 0 aromatic rings. The van der Waals surface area contributed by atoms with Crippen molar-refractivity contribution in [2.75, 3.05) is 0 Å². The van der Waals surface area contributed by atoms with E-state index in [4.69, 9.17) is 9.47 Å². The highest BCUT2D eigenvalue weighted by Gasteiger charge is 2.19. The molecule has 0 spiro atoms. The zero-order valence-corrected chi connectivity index (χ0v) is 13.6. The van der Waals surface area contributed by atoms with Crippen LogP contribution in [0.5, 0.6) is 0 Å². The van der Waals surface area contributed by atoms with E-state index in [1.54, 1.807) is 12.5 Å². The lowest BCUT2D eigenvalue weighted by Gasteiger charge is -2.20. The summed E-state index contributed by atoms with van der Waals surface area (Å²) in [4.78, 5) is 0. The Kier molecular flexibility index (Phi) is 10.5. The van der Waals surface area contributed by atoms with E-state index in [2.05, 4.69) is 13.8 Å². The molecule has 0 fully saturated rings. The van der Waals surface area contributed by atoms with Crippen molar-refractivity contribution in [3.05, 3.63) is 12.5 Å². The van der Waals surface area contributed by atoms with E-state index in [0.717, 1.165) is 12.3 Å². The van der Waals surface area contributed by atoms with Gasteiger partial charge in [0.1, 0.15) is 12.5 Å². The maximum absolute atomic E-state index is 5.45. The van der Waals surface area contributed by atoms with E-state index in [-0.39, 0.29) is 6.29 Å². The molecule has 1 aliphatic rings. The number of ether oxygens (including phenoxy) is 2. The second kappa shape index (κ2) is 12.1. The van der Waals surface area contributed by atoms with Crippen LogP contribution in [0.15, 0.2) is 12.5 Å². The van der Waals surface area contributed by atoms with Gasteiger partial charge < -0.3 is 9.47 Å². The minimum atomic E-state index is -0.0122. The monoisotopic (exact) mass is 282 g/mol. The van der Waals surface area contributed by atoms with Gasteiger partial charge in [0.15, 0.2) is 0 Å². The van der Waals surface area contributed by atoms with Crippen LogP contribution in [-0.2, 0) is 9.47 Å². The Morgan fingerprint density at radius 2 is 1.25 bits per heavy atom. The Morgan fingerprint density at radius 1 is 0.750 bits per heavy atom. The highest BCUT2D eigenvalue weighted by Crippen LogP contribution is 2.25. The van der Waals surface area contributed by atoms with Crippen molar-refractivity contribution in [2.45, 2.75) is 97.2 Å². The molecule has 2 nitrogen and oxygen atoms in total. The molecule has 0 N–H and O–H groups in total. The molecule has 0 bridgehead atoms. The lowest BCUT2D eigenvalue weighted by atomic mass is 9.91. The molecule has 0 saturated heterocycles. The van der Waals surface area contributed by atoms with Crippen molar-refractivity contribution in [1.82, 2.24) is 0 Å². The summed E-state index contributed by atoms with van der Waals surface area (Å²) in [5.74, 6) is 0.776. The van der Waals surface area contributed by atoms with Crippen molar-refractivity contribution in [3.8, 4) is 0 Å². The van der Waals surface area contributed by atoms with Crippen LogP contribution in [0.3, 0.4) is 0 Å². The number of hydrogen-bond acceptors (Lipinski definition) is 2. The lowest BCUT2D eigenvalue weighted by Crippen LogP contribution is -2.14. The fourth-order valence-corrected chi connectivity index (χ4v) is 2.93. The average Bonchev–Trinajstić information content (AvgIpc) is 2.96. The predicted octanol–water partition coefficient (Wildman–Crippen LogP) is 6.17. The minimum Gasteiger partial charge on any atom is -0.459 e. The van der Waals surface area contributed by atoms with Gasteiger partial charge in [0, 0.05) is 6.42 Å². The fraction of sp³-hybridized carbons (Fsp3) is 0.889. The molecule has 0 aromatic carbocycles. The zero-order valence-electron chi connectivity index (χ0n) is 13.6. The zero-order chi connectivity index (χ0) is 14.5. The Morgan fingerprint density at radius 3 is 1.80 bits per heavy atom. The molecule has 2 heteroatoms. The third kappa shape index (κ3) is 8.50. The summed E-state index contributed by atoms with van der Waals surface area (Å²) < 4.78 is 10.9. The van der Waals surface area contributed by atoms with Gasteiger partial charge >= 0.3 is 0 Å². The van der Waals surface area contributed by atoms with Crippen molar-refractivity contribution in [3.63, 3.8) is 0 Å². The maximum atomic E-state index is 5.45. The van der Waals surface area contributed by atoms with Crippen molar-refractivity contribution < 1.29 is 9.47 Å². The SMILES string of the molecule is CCCCCCCC(CCCCCC)CC1OC=CO1. The Bertz CT molecular complexity index is 230. The summed E-state index contributed by atoms with van der Waals surface area (Å²) in [5, 5.41) is 0. The highest BCUT2D eigenvalue weighted by atomic mass is 16.7. The summed E-state index contributed by atoms with van der Waals surface area (Å²) in [6.45, 7) is 4.55. The van der Waals surface area contributed by atoms with E-state index in [0.29, 0.717) is 0 Å². The van der Waals surface area contributed by atoms with Crippen molar-refractivity contribution in [1.29, 1.82) is 0 Å². The first-order valence-corrected chi connectivity index (χ1v) is 8.82. The first-order chi connectivity index (χ1) is 9.86. The summed E-state index contributed by atoms with van der Waals surface area (Å²) in [6.07, 6.45) is 19.4. The molecule has 0 amide bonds. The van der Waals surface area contributed by atoms with E-state index >= 15 is 0 Å². The van der Waals surface area contributed by atoms with Gasteiger partial charge in [-0.1, -0.05) is 84.5 Å². The molecule has 1 aliphatic heterocycles. The topological polar surface area (TPSA) is 18.5 Å². The summed E-state index contributed by atoms with van der Waals surface area (Å²) in [6, 6.07) is 0. The number of unbranched alkanes of at least 4 members (excludes halogenated alkanes) is 7. The van der Waals surface area contributed by atoms with Gasteiger partial charge in [0.05, 0.1) is 0 Å². The summed E-state index contributed by atoms with van der Waals surface area (Å²) >= 11 is 0. The molecular formula is C18H34O2. The van der Waals surface area contributed by atoms with Crippen LogP contribution in [0.25, 0.3) is 0 Å². The predicted molar refractivity (Wildman–Crippen MR) is 85.3 cm³/mol. The first kappa shape index (κ1) is 17.4. The quantitative estimate of drug-likeness (QED) is 0.376. The van der Waals surface area contributed by atoms with Gasteiger partial charge in [-0.15, -0.1) is 0 Å². The molecule has 118 valence electrons. The van der Waals surface area contributed by atoms with Crippen LogP contribution in [-0.4, -0.2) is 6.29 Å². The van der Waals surface area contributed by atoms with Crippen LogP contribution >= 0.6 is 0 Å². The van der Waals surface area contributed by atoms with Gasteiger partial charge in [-0.05, 0) is 5.92 Å². The van der Waals surface area contributed by atoms with E-state index in [1.165, 1.54) is 70.6 Å². The molecule has 1 heterocycles. The average molecular weight is 282 g/mol. The second-order valence-corrected chi connectivity index (χ2v) is 6.13. The molecule has 1 unspecified atom stereocenters. The fourth-order valence-electron chi connectivity index (χ4n) is 2.93. The second-order valence-electron chi connectivity index (χ2n) is 6.13. The first-order valence-electron chi connectivity index (χ1n) is 8.82. The van der Waals surface area contributed by atoms with E-state index < -0.39 is 0 Å². The molecule has 0 aliphatic carbocycles. The number of rotatable bonds is 13. The van der Waals surface area contributed by atoms with Crippen LogP contribution in [0, 0.1) is 5.92 Å². The minimum absolute atomic E-state index is 0.0122. The third-order valence-corrected chi connectivity index (χ3v) is 4.22. The Hall–Kier alpha value is -0.660. The molecule has 20 heavy (non-hydrogen) atoms. The number of hydrogen-bond donors (Lipinski definition) is 0. The van der Waals surface area contributed by atoms with Gasteiger partial charge in [0.25, 0.3) is 0 Å².